The van der Waals surface area contributed by atoms with E-state index in [0.717, 1.165) is 30.6 Å². The van der Waals surface area contributed by atoms with Gasteiger partial charge in [-0.15, -0.1) is 0 Å². The zero-order chi connectivity index (χ0) is 29.5. The molecule has 0 saturated carbocycles. The average Bonchev–Trinajstić information content (AvgIpc) is 3.40. The predicted octanol–water partition coefficient (Wildman–Crippen LogP) is 5.77. The van der Waals surface area contributed by atoms with E-state index in [0.29, 0.717) is 16.3 Å². The molecule has 0 atom stereocenters. The van der Waals surface area contributed by atoms with Gasteiger partial charge in [0.05, 0.1) is 30.6 Å². The van der Waals surface area contributed by atoms with Crippen LogP contribution in [0.3, 0.4) is 0 Å². The van der Waals surface area contributed by atoms with Crippen LogP contribution in [0, 0.1) is 18.6 Å². The molecule has 0 unspecified atom stereocenters. The van der Waals surface area contributed by atoms with Gasteiger partial charge < -0.3 is 19.8 Å². The molecule has 41 heavy (non-hydrogen) atoms. The maximum Gasteiger partial charge on any atom is 0.431 e. The van der Waals surface area contributed by atoms with E-state index in [4.69, 9.17) is 9.47 Å². The molecule has 0 aliphatic carbocycles. The molecule has 0 saturated heterocycles. The molecular formula is C27H18F5N5O4. The molecule has 2 N–H and O–H groups in total. The summed E-state index contributed by atoms with van der Waals surface area (Å²) in [5.41, 5.74) is -3.09. The topological polar surface area (TPSA) is 111 Å². The number of aromatic nitrogens is 4. The number of nitrogens with zero attached hydrogens (tertiary/aromatic N) is 3. The van der Waals surface area contributed by atoms with E-state index >= 15 is 0 Å². The number of rotatable bonds is 6. The number of halogens is 5. The molecular weight excluding hydrogens is 553 g/mol. The number of hydrogen-bond acceptors (Lipinski definition) is 6. The molecule has 9 nitrogen and oxygen atoms in total. The smallest absolute Gasteiger partial charge is 0.431 e. The minimum atomic E-state index is -4.94. The first-order chi connectivity index (χ1) is 19.5. The highest BCUT2D eigenvalue weighted by atomic mass is 19.4. The molecule has 4 heterocycles. The normalized spacial score (nSPS) is 11.5. The highest BCUT2D eigenvalue weighted by molar-refractivity contribution is 6.04. The average molecular weight is 571 g/mol. The number of carbonyl (C=O) groups is 1. The molecule has 0 spiro atoms. The maximum atomic E-state index is 14.9. The summed E-state index contributed by atoms with van der Waals surface area (Å²) in [6.45, 7) is 1.45. The van der Waals surface area contributed by atoms with Crippen LogP contribution in [0.4, 0.5) is 27.6 Å². The van der Waals surface area contributed by atoms with E-state index in [1.807, 2.05) is 0 Å². The second-order valence-electron chi connectivity index (χ2n) is 8.66. The highest BCUT2D eigenvalue weighted by Gasteiger charge is 2.36. The van der Waals surface area contributed by atoms with Crippen molar-refractivity contribution in [3.63, 3.8) is 0 Å². The Morgan fingerprint density at radius 2 is 1.80 bits per heavy atom. The number of aryl methyl sites for hydroxylation is 1. The number of amides is 1. The van der Waals surface area contributed by atoms with E-state index in [9.17, 15) is 31.5 Å². The van der Waals surface area contributed by atoms with E-state index < -0.39 is 40.5 Å². The lowest BCUT2D eigenvalue weighted by molar-refractivity contribution is -0.142. The van der Waals surface area contributed by atoms with Crippen molar-refractivity contribution in [1.29, 1.82) is 0 Å². The Balaban J connectivity index is 1.46. The largest absolute Gasteiger partial charge is 0.481 e. The van der Waals surface area contributed by atoms with Crippen molar-refractivity contribution >= 4 is 22.6 Å². The first-order valence-corrected chi connectivity index (χ1v) is 11.7. The van der Waals surface area contributed by atoms with Crippen LogP contribution in [0.25, 0.3) is 16.7 Å². The molecule has 0 fully saturated rings. The fraction of sp³-hybridized carbons (Fsp3) is 0.111. The van der Waals surface area contributed by atoms with Crippen molar-refractivity contribution < 1.29 is 36.2 Å². The van der Waals surface area contributed by atoms with Gasteiger partial charge in [-0.05, 0) is 42.8 Å². The van der Waals surface area contributed by atoms with Crippen LogP contribution in [-0.4, -0.2) is 32.5 Å². The van der Waals surface area contributed by atoms with E-state index in [1.165, 1.54) is 38.4 Å². The second kappa shape index (κ2) is 10.4. The van der Waals surface area contributed by atoms with Crippen molar-refractivity contribution in [2.24, 2.45) is 0 Å². The first kappa shape index (κ1) is 27.3. The Labute approximate surface area is 227 Å². The third-order valence-corrected chi connectivity index (χ3v) is 6.02. The second-order valence-corrected chi connectivity index (χ2v) is 8.66. The zero-order valence-corrected chi connectivity index (χ0v) is 21.1. The maximum absolute atomic E-state index is 14.9. The fourth-order valence-electron chi connectivity index (χ4n) is 4.07. The molecule has 1 aromatic carbocycles. The Morgan fingerprint density at radius 3 is 2.49 bits per heavy atom. The van der Waals surface area contributed by atoms with Crippen molar-refractivity contribution in [2.75, 3.05) is 12.4 Å². The van der Waals surface area contributed by atoms with Crippen LogP contribution < -0.4 is 20.3 Å². The Hall–Kier alpha value is -5.27. The molecule has 1 amide bonds. The lowest BCUT2D eigenvalue weighted by Crippen LogP contribution is -2.33. The van der Waals surface area contributed by atoms with Crippen LogP contribution >= 0.6 is 0 Å². The number of alkyl halides is 3. The number of methoxy groups -OCH3 is 1. The SMILES string of the molecule is COc1cc(C)c(-n2c(C(F)(F)F)ccc(C(=O)Nc3ccc(Oc4c(F)cnc5[nH]ccc45)c(F)c3)c2=O)cn1. The number of hydrogen-bond donors (Lipinski definition) is 2. The summed E-state index contributed by atoms with van der Waals surface area (Å²) in [6, 6.07) is 7.31. The molecule has 0 radical (unpaired) electrons. The van der Waals surface area contributed by atoms with Gasteiger partial charge in [0.25, 0.3) is 11.5 Å². The van der Waals surface area contributed by atoms with E-state index in [1.54, 1.807) is 0 Å². The van der Waals surface area contributed by atoms with Crippen LogP contribution in [-0.2, 0) is 6.18 Å². The molecule has 0 bridgehead atoms. The van der Waals surface area contributed by atoms with E-state index in [2.05, 4.69) is 20.3 Å². The van der Waals surface area contributed by atoms with Crippen LogP contribution in [0.1, 0.15) is 21.6 Å². The van der Waals surface area contributed by atoms with Crippen LogP contribution in [0.5, 0.6) is 17.4 Å². The summed E-state index contributed by atoms with van der Waals surface area (Å²) in [6.07, 6.45) is -1.52. The standard InChI is InChI=1S/C27H18F5N5O4/c1-13-9-22(40-2)34-12-19(13)37-21(27(30,31)32)6-4-16(26(37)39)25(38)36-14-3-5-20(17(28)10-14)41-23-15-7-8-33-24(15)35-11-18(23)29/h3-12H,1-2H3,(H,33,35)(H,36,38). The summed E-state index contributed by atoms with van der Waals surface area (Å²) >= 11 is 0. The Morgan fingerprint density at radius 1 is 1.02 bits per heavy atom. The lowest BCUT2D eigenvalue weighted by Gasteiger charge is -2.18. The quantitative estimate of drug-likeness (QED) is 0.251. The van der Waals surface area contributed by atoms with Gasteiger partial charge in [0, 0.05) is 24.0 Å². The number of ether oxygens (including phenoxy) is 2. The lowest BCUT2D eigenvalue weighted by atomic mass is 10.1. The van der Waals surface area contributed by atoms with Crippen LogP contribution in [0.15, 0.2) is 65.8 Å². The predicted molar refractivity (Wildman–Crippen MR) is 137 cm³/mol. The minimum Gasteiger partial charge on any atom is -0.481 e. The van der Waals surface area contributed by atoms with Crippen molar-refractivity contribution in [3.8, 4) is 23.1 Å². The Bertz CT molecular complexity index is 1870. The fourth-order valence-corrected chi connectivity index (χ4v) is 4.07. The van der Waals surface area contributed by atoms with Crippen LogP contribution in [0.2, 0.25) is 0 Å². The van der Waals surface area contributed by atoms with Crippen molar-refractivity contribution in [3.05, 3.63) is 99.9 Å². The summed E-state index contributed by atoms with van der Waals surface area (Å²) in [5.74, 6) is -3.47. The molecule has 5 aromatic rings. The number of benzene rings is 1. The number of carbonyl (C=O) groups excluding carboxylic acids is 1. The van der Waals surface area contributed by atoms with Gasteiger partial charge in [-0.1, -0.05) is 0 Å². The minimum absolute atomic E-state index is 0.111. The molecule has 5 rings (SSSR count). The number of fused-ring (bicyclic) bond motifs is 1. The zero-order valence-electron chi connectivity index (χ0n) is 21.1. The summed E-state index contributed by atoms with van der Waals surface area (Å²) in [4.78, 5) is 36.7. The summed E-state index contributed by atoms with van der Waals surface area (Å²) in [7, 11) is 1.32. The molecule has 14 heteroatoms. The van der Waals surface area contributed by atoms with Gasteiger partial charge in [-0.3, -0.25) is 14.2 Å². The third kappa shape index (κ3) is 5.18. The molecule has 0 aliphatic heterocycles. The molecule has 210 valence electrons. The number of pyridine rings is 3. The van der Waals surface area contributed by atoms with Gasteiger partial charge in [0.15, 0.2) is 23.1 Å². The van der Waals surface area contributed by atoms with E-state index in [-0.39, 0.29) is 39.7 Å². The van der Waals surface area contributed by atoms with Gasteiger partial charge in [-0.25, -0.2) is 18.7 Å². The Kier molecular flexibility index (Phi) is 6.91. The molecule has 4 aromatic heterocycles. The summed E-state index contributed by atoms with van der Waals surface area (Å²) in [5, 5.41) is 2.55. The van der Waals surface area contributed by atoms with Gasteiger partial charge in [0.2, 0.25) is 5.88 Å². The number of aromatic amines is 1. The molecule has 0 aliphatic rings. The van der Waals surface area contributed by atoms with Gasteiger partial charge in [-0.2, -0.15) is 13.2 Å². The summed E-state index contributed by atoms with van der Waals surface area (Å²) < 4.78 is 81.3. The highest BCUT2D eigenvalue weighted by Crippen LogP contribution is 2.34. The first-order valence-electron chi connectivity index (χ1n) is 11.7. The van der Waals surface area contributed by atoms with Crippen molar-refractivity contribution in [2.45, 2.75) is 13.1 Å². The monoisotopic (exact) mass is 571 g/mol. The number of H-pyrrole nitrogens is 1. The van der Waals surface area contributed by atoms with Crippen molar-refractivity contribution in [1.82, 2.24) is 19.5 Å². The number of anilines is 1. The van der Waals surface area contributed by atoms with Gasteiger partial charge >= 0.3 is 6.18 Å². The third-order valence-electron chi connectivity index (χ3n) is 6.02. The van der Waals surface area contributed by atoms with Gasteiger partial charge in [0.1, 0.15) is 16.9 Å². The number of nitrogens with one attached hydrogen (secondary N) is 2.